The Bertz CT molecular complexity index is 666. The highest BCUT2D eigenvalue weighted by Crippen LogP contribution is 2.29. The van der Waals surface area contributed by atoms with E-state index in [4.69, 9.17) is 5.73 Å². The largest absolute Gasteiger partial charge is 0.398 e. The van der Waals surface area contributed by atoms with Crippen LogP contribution < -0.4 is 11.1 Å². The fourth-order valence-electron chi connectivity index (χ4n) is 3.84. The molecule has 1 atom stereocenters. The van der Waals surface area contributed by atoms with Crippen molar-refractivity contribution in [3.63, 3.8) is 0 Å². The van der Waals surface area contributed by atoms with Gasteiger partial charge < -0.3 is 11.1 Å². The lowest BCUT2D eigenvalue weighted by Crippen LogP contribution is -2.44. The van der Waals surface area contributed by atoms with Gasteiger partial charge in [-0.3, -0.25) is 4.90 Å². The summed E-state index contributed by atoms with van der Waals surface area (Å²) in [6.07, 6.45) is 2.37. The van der Waals surface area contributed by atoms with Gasteiger partial charge in [0.1, 0.15) is 0 Å². The second kappa shape index (κ2) is 8.50. The Morgan fingerprint density at radius 3 is 2.68 bits per heavy atom. The van der Waals surface area contributed by atoms with Gasteiger partial charge >= 0.3 is 0 Å². The molecule has 0 amide bonds. The summed E-state index contributed by atoms with van der Waals surface area (Å²) >= 11 is 0. The van der Waals surface area contributed by atoms with Crippen LogP contribution in [0.15, 0.2) is 48.5 Å². The zero-order valence-corrected chi connectivity index (χ0v) is 15.5. The van der Waals surface area contributed by atoms with Crippen LogP contribution in [0.1, 0.15) is 37.0 Å². The Balaban J connectivity index is 1.60. The average Bonchev–Trinajstić information content (AvgIpc) is 2.60. The lowest BCUT2D eigenvalue weighted by molar-refractivity contribution is 0.151. The SMILES string of the molecule is CC(C)CC1Cc2cccc(N)c2CN1CCNCc1ccccc1. The zero-order chi connectivity index (χ0) is 17.6. The molecule has 0 saturated heterocycles. The molecule has 2 aromatic rings. The van der Waals surface area contributed by atoms with Gasteiger partial charge in [-0.25, -0.2) is 0 Å². The molecule has 134 valence electrons. The van der Waals surface area contributed by atoms with Gasteiger partial charge in [-0.05, 0) is 41.5 Å². The molecule has 0 saturated carbocycles. The Hall–Kier alpha value is -1.84. The molecule has 0 aliphatic carbocycles. The lowest BCUT2D eigenvalue weighted by atomic mass is 9.88. The fraction of sp³-hybridized carbons (Fsp3) is 0.455. The van der Waals surface area contributed by atoms with Gasteiger partial charge in [0.25, 0.3) is 0 Å². The average molecular weight is 338 g/mol. The summed E-state index contributed by atoms with van der Waals surface area (Å²) in [6, 6.07) is 17.6. The van der Waals surface area contributed by atoms with Crippen LogP contribution in [0.2, 0.25) is 0 Å². The highest BCUT2D eigenvalue weighted by Gasteiger charge is 2.27. The number of nitrogens with one attached hydrogen (secondary N) is 1. The van der Waals surface area contributed by atoms with E-state index in [1.165, 1.54) is 23.1 Å². The second-order valence-electron chi connectivity index (χ2n) is 7.61. The number of fused-ring (bicyclic) bond motifs is 1. The minimum absolute atomic E-state index is 0.618. The molecule has 1 aliphatic heterocycles. The summed E-state index contributed by atoms with van der Waals surface area (Å²) in [5, 5.41) is 3.59. The number of rotatable bonds is 7. The maximum Gasteiger partial charge on any atom is 0.0362 e. The van der Waals surface area contributed by atoms with Crippen LogP contribution >= 0.6 is 0 Å². The van der Waals surface area contributed by atoms with Crippen molar-refractivity contribution in [2.75, 3.05) is 18.8 Å². The summed E-state index contributed by atoms with van der Waals surface area (Å²) < 4.78 is 0. The predicted molar refractivity (Wildman–Crippen MR) is 106 cm³/mol. The molecule has 0 spiro atoms. The predicted octanol–water partition coefficient (Wildman–Crippen LogP) is 3.83. The molecule has 3 rings (SSSR count). The number of benzene rings is 2. The molecule has 2 aromatic carbocycles. The van der Waals surface area contributed by atoms with Crippen LogP contribution in [0.3, 0.4) is 0 Å². The molecule has 3 heteroatoms. The van der Waals surface area contributed by atoms with Crippen molar-refractivity contribution < 1.29 is 0 Å². The monoisotopic (exact) mass is 337 g/mol. The van der Waals surface area contributed by atoms with E-state index in [1.807, 2.05) is 6.07 Å². The van der Waals surface area contributed by atoms with Crippen molar-refractivity contribution in [1.82, 2.24) is 10.2 Å². The number of nitrogen functional groups attached to an aromatic ring is 1. The molecule has 3 nitrogen and oxygen atoms in total. The Kier molecular flexibility index (Phi) is 6.11. The minimum Gasteiger partial charge on any atom is -0.398 e. The van der Waals surface area contributed by atoms with Crippen molar-refractivity contribution >= 4 is 5.69 Å². The van der Waals surface area contributed by atoms with Crippen LogP contribution in [-0.2, 0) is 19.5 Å². The molecular weight excluding hydrogens is 306 g/mol. The maximum atomic E-state index is 6.24. The maximum absolute atomic E-state index is 6.24. The quantitative estimate of drug-likeness (QED) is 0.596. The molecule has 3 N–H and O–H groups in total. The molecule has 0 fully saturated rings. The van der Waals surface area contributed by atoms with E-state index in [-0.39, 0.29) is 0 Å². The van der Waals surface area contributed by atoms with E-state index >= 15 is 0 Å². The molecule has 1 heterocycles. The third kappa shape index (κ3) is 4.83. The first-order chi connectivity index (χ1) is 12.1. The molecule has 0 radical (unpaired) electrons. The van der Waals surface area contributed by atoms with E-state index < -0.39 is 0 Å². The van der Waals surface area contributed by atoms with Gasteiger partial charge in [0.05, 0.1) is 0 Å². The third-order valence-electron chi connectivity index (χ3n) is 5.13. The van der Waals surface area contributed by atoms with Crippen LogP contribution in [0, 0.1) is 5.92 Å². The van der Waals surface area contributed by atoms with Crippen molar-refractivity contribution in [3.05, 3.63) is 65.2 Å². The van der Waals surface area contributed by atoms with E-state index in [0.717, 1.165) is 38.3 Å². The van der Waals surface area contributed by atoms with Crippen LogP contribution in [0.25, 0.3) is 0 Å². The summed E-state index contributed by atoms with van der Waals surface area (Å²) in [7, 11) is 0. The Labute approximate surface area is 152 Å². The highest BCUT2D eigenvalue weighted by molar-refractivity contribution is 5.52. The summed E-state index contributed by atoms with van der Waals surface area (Å²) in [6.45, 7) is 8.62. The number of nitrogens with zero attached hydrogens (tertiary/aromatic N) is 1. The Morgan fingerprint density at radius 2 is 1.92 bits per heavy atom. The van der Waals surface area contributed by atoms with Crippen molar-refractivity contribution in [1.29, 1.82) is 0 Å². The lowest BCUT2D eigenvalue weighted by Gasteiger charge is -2.38. The number of hydrogen-bond acceptors (Lipinski definition) is 3. The van der Waals surface area contributed by atoms with Crippen LogP contribution in [-0.4, -0.2) is 24.0 Å². The molecular formula is C22H31N3. The molecule has 0 aromatic heterocycles. The van der Waals surface area contributed by atoms with Gasteiger partial charge in [-0.1, -0.05) is 56.3 Å². The second-order valence-corrected chi connectivity index (χ2v) is 7.61. The van der Waals surface area contributed by atoms with E-state index in [0.29, 0.717) is 12.0 Å². The summed E-state index contributed by atoms with van der Waals surface area (Å²) in [5.74, 6) is 0.715. The van der Waals surface area contributed by atoms with E-state index in [1.54, 1.807) is 0 Å². The topological polar surface area (TPSA) is 41.3 Å². The van der Waals surface area contributed by atoms with Gasteiger partial charge in [0.2, 0.25) is 0 Å². The van der Waals surface area contributed by atoms with E-state index in [2.05, 4.69) is 66.5 Å². The minimum atomic E-state index is 0.618. The number of hydrogen-bond donors (Lipinski definition) is 2. The van der Waals surface area contributed by atoms with Crippen LogP contribution in [0.4, 0.5) is 5.69 Å². The number of nitrogens with two attached hydrogens (primary N) is 1. The molecule has 1 unspecified atom stereocenters. The fourth-order valence-corrected chi connectivity index (χ4v) is 3.84. The number of anilines is 1. The standard InChI is InChI=1S/C22H31N3/c1-17(2)13-20-14-19-9-6-10-22(23)21(19)16-25(20)12-11-24-15-18-7-4-3-5-8-18/h3-10,17,20,24H,11-16,23H2,1-2H3. The van der Waals surface area contributed by atoms with E-state index in [9.17, 15) is 0 Å². The normalized spacial score (nSPS) is 17.6. The zero-order valence-electron chi connectivity index (χ0n) is 15.5. The Morgan fingerprint density at radius 1 is 1.12 bits per heavy atom. The molecule has 25 heavy (non-hydrogen) atoms. The van der Waals surface area contributed by atoms with Crippen molar-refractivity contribution in [2.45, 2.75) is 45.8 Å². The summed E-state index contributed by atoms with van der Waals surface area (Å²) in [5.41, 5.74) is 11.3. The van der Waals surface area contributed by atoms with Crippen molar-refractivity contribution in [2.24, 2.45) is 5.92 Å². The first kappa shape index (κ1) is 18.0. The van der Waals surface area contributed by atoms with Crippen LogP contribution in [0.5, 0.6) is 0 Å². The third-order valence-corrected chi connectivity index (χ3v) is 5.13. The van der Waals surface area contributed by atoms with Gasteiger partial charge in [-0.15, -0.1) is 0 Å². The van der Waals surface area contributed by atoms with Gasteiger partial charge in [-0.2, -0.15) is 0 Å². The van der Waals surface area contributed by atoms with Gasteiger partial charge in [0.15, 0.2) is 0 Å². The van der Waals surface area contributed by atoms with Crippen molar-refractivity contribution in [3.8, 4) is 0 Å². The summed E-state index contributed by atoms with van der Waals surface area (Å²) in [4.78, 5) is 2.62. The first-order valence-electron chi connectivity index (χ1n) is 9.48. The smallest absolute Gasteiger partial charge is 0.0362 e. The molecule has 0 bridgehead atoms. The van der Waals surface area contributed by atoms with Gasteiger partial charge in [0, 0.05) is 37.9 Å². The molecule has 1 aliphatic rings. The highest BCUT2D eigenvalue weighted by atomic mass is 15.2. The first-order valence-corrected chi connectivity index (χ1v) is 9.48.